The van der Waals surface area contributed by atoms with Crippen LogP contribution in [0, 0.1) is 0 Å². The molecule has 2 amide bonds. The molecule has 0 unspecified atom stereocenters. The highest BCUT2D eigenvalue weighted by molar-refractivity contribution is 5.99. The summed E-state index contributed by atoms with van der Waals surface area (Å²) in [4.78, 5) is 14.6. The van der Waals surface area contributed by atoms with Gasteiger partial charge in [0.1, 0.15) is 5.71 Å². The van der Waals surface area contributed by atoms with Crippen LogP contribution in [-0.4, -0.2) is 21.3 Å². The number of carbonyl (C=O) groups is 1. The Bertz CT molecular complexity index is 650. The summed E-state index contributed by atoms with van der Waals surface area (Å²) in [5.74, 6) is -0.0232. The van der Waals surface area contributed by atoms with Crippen LogP contribution in [0.25, 0.3) is 11.0 Å². The molecule has 0 bridgehead atoms. The molecule has 0 saturated carbocycles. The van der Waals surface area contributed by atoms with Crippen LogP contribution in [-0.2, 0) is 0 Å². The lowest BCUT2D eigenvalue weighted by Crippen LogP contribution is -2.26. The van der Waals surface area contributed by atoms with Gasteiger partial charge in [-0.05, 0) is 19.1 Å². The Morgan fingerprint density at radius 2 is 2.16 bits per heavy atom. The molecule has 0 saturated heterocycles. The standard InChI is InChI=1S/C11H11F2N5O/c1-6(16-17-11(14)19)9-15-7-4-2-3-5-8(7)18(9)10(12)13/h2-5,10H,1H3,(H3,14,17,19). The Morgan fingerprint density at radius 1 is 1.47 bits per heavy atom. The molecule has 2 aromatic rings. The van der Waals surface area contributed by atoms with Gasteiger partial charge in [0.25, 0.3) is 0 Å². The van der Waals surface area contributed by atoms with Crippen LogP contribution in [0.4, 0.5) is 13.6 Å². The topological polar surface area (TPSA) is 85.3 Å². The third-order valence-corrected chi connectivity index (χ3v) is 2.45. The number of benzene rings is 1. The number of hydrogen-bond donors (Lipinski definition) is 2. The molecule has 1 heterocycles. The van der Waals surface area contributed by atoms with Crippen molar-refractivity contribution in [1.29, 1.82) is 0 Å². The van der Waals surface area contributed by atoms with Crippen molar-refractivity contribution in [3.63, 3.8) is 0 Å². The van der Waals surface area contributed by atoms with Crippen molar-refractivity contribution in [3.8, 4) is 0 Å². The number of primary amides is 1. The molecule has 6 nitrogen and oxygen atoms in total. The first kappa shape index (κ1) is 12.9. The van der Waals surface area contributed by atoms with Crippen molar-refractivity contribution in [2.75, 3.05) is 0 Å². The van der Waals surface area contributed by atoms with E-state index in [1.807, 2.05) is 5.43 Å². The van der Waals surface area contributed by atoms with Crippen molar-refractivity contribution in [2.24, 2.45) is 10.8 Å². The van der Waals surface area contributed by atoms with E-state index in [4.69, 9.17) is 5.73 Å². The first-order valence-electron chi connectivity index (χ1n) is 5.36. The van der Waals surface area contributed by atoms with E-state index in [1.165, 1.54) is 13.0 Å². The van der Waals surface area contributed by atoms with E-state index in [1.54, 1.807) is 18.2 Å². The monoisotopic (exact) mass is 267 g/mol. The molecular formula is C11H11F2N5O. The van der Waals surface area contributed by atoms with Gasteiger partial charge in [-0.3, -0.25) is 4.57 Å². The molecule has 0 aliphatic heterocycles. The molecule has 0 aliphatic rings. The lowest BCUT2D eigenvalue weighted by atomic mass is 10.3. The third-order valence-electron chi connectivity index (χ3n) is 2.45. The van der Waals surface area contributed by atoms with Crippen molar-refractivity contribution in [2.45, 2.75) is 13.5 Å². The molecule has 19 heavy (non-hydrogen) atoms. The Morgan fingerprint density at radius 3 is 2.79 bits per heavy atom. The highest BCUT2D eigenvalue weighted by Crippen LogP contribution is 2.23. The fraction of sp³-hybridized carbons (Fsp3) is 0.182. The number of fused-ring (bicyclic) bond motifs is 1. The average molecular weight is 267 g/mol. The Kier molecular flexibility index (Phi) is 3.41. The quantitative estimate of drug-likeness (QED) is 0.656. The number of nitrogens with zero attached hydrogens (tertiary/aromatic N) is 3. The largest absolute Gasteiger partial charge is 0.350 e. The lowest BCUT2D eigenvalue weighted by Gasteiger charge is -2.07. The summed E-state index contributed by atoms with van der Waals surface area (Å²) in [7, 11) is 0. The molecule has 0 aliphatic carbocycles. The molecule has 100 valence electrons. The summed E-state index contributed by atoms with van der Waals surface area (Å²) in [6, 6.07) is 5.61. The van der Waals surface area contributed by atoms with Crippen molar-refractivity contribution in [3.05, 3.63) is 30.1 Å². The van der Waals surface area contributed by atoms with Crippen LogP contribution >= 0.6 is 0 Å². The van der Waals surface area contributed by atoms with Gasteiger partial charge in [-0.25, -0.2) is 15.2 Å². The molecular weight excluding hydrogens is 256 g/mol. The van der Waals surface area contributed by atoms with Gasteiger partial charge in [0, 0.05) is 0 Å². The summed E-state index contributed by atoms with van der Waals surface area (Å²) in [6.07, 6.45) is 0. The highest BCUT2D eigenvalue weighted by atomic mass is 19.3. The van der Waals surface area contributed by atoms with Gasteiger partial charge in [0.15, 0.2) is 5.82 Å². The van der Waals surface area contributed by atoms with Crippen LogP contribution in [0.15, 0.2) is 29.4 Å². The summed E-state index contributed by atoms with van der Waals surface area (Å²) >= 11 is 0. The number of nitrogens with two attached hydrogens (primary N) is 1. The summed E-state index contributed by atoms with van der Waals surface area (Å²) < 4.78 is 27.0. The van der Waals surface area contributed by atoms with Gasteiger partial charge in [0.05, 0.1) is 11.0 Å². The first-order chi connectivity index (χ1) is 9.00. The van der Waals surface area contributed by atoms with Crippen molar-refractivity contribution < 1.29 is 13.6 Å². The Labute approximate surface area is 106 Å². The zero-order chi connectivity index (χ0) is 14.0. The van der Waals surface area contributed by atoms with Gasteiger partial charge in [-0.15, -0.1) is 0 Å². The number of amides is 2. The maximum Gasteiger partial charge on any atom is 0.332 e. The predicted octanol–water partition coefficient (Wildman–Crippen LogP) is 1.82. The van der Waals surface area contributed by atoms with Crippen LogP contribution in [0.5, 0.6) is 0 Å². The predicted molar refractivity (Wildman–Crippen MR) is 65.9 cm³/mol. The number of carbonyl (C=O) groups excluding carboxylic acids is 1. The number of aromatic nitrogens is 2. The lowest BCUT2D eigenvalue weighted by molar-refractivity contribution is 0.0740. The van der Waals surface area contributed by atoms with Gasteiger partial charge in [0.2, 0.25) is 0 Å². The SMILES string of the molecule is CC(=NNC(N)=O)c1nc2ccccc2n1C(F)F. The number of rotatable bonds is 3. The maximum atomic E-state index is 13.1. The Balaban J connectivity index is 2.56. The van der Waals surface area contributed by atoms with Crippen LogP contribution in [0.3, 0.4) is 0 Å². The minimum Gasteiger partial charge on any atom is -0.350 e. The first-order valence-corrected chi connectivity index (χ1v) is 5.36. The number of halogens is 2. The third kappa shape index (κ3) is 2.51. The van der Waals surface area contributed by atoms with Gasteiger partial charge in [-0.1, -0.05) is 12.1 Å². The molecule has 8 heteroatoms. The smallest absolute Gasteiger partial charge is 0.332 e. The van der Waals surface area contributed by atoms with E-state index in [2.05, 4.69) is 10.1 Å². The van der Waals surface area contributed by atoms with Gasteiger partial charge in [-0.2, -0.15) is 13.9 Å². The fourth-order valence-corrected chi connectivity index (χ4v) is 1.69. The number of imidazole rings is 1. The summed E-state index contributed by atoms with van der Waals surface area (Å²) in [5, 5.41) is 3.61. The van der Waals surface area contributed by atoms with E-state index >= 15 is 0 Å². The molecule has 3 N–H and O–H groups in total. The molecule has 0 fully saturated rings. The number of urea groups is 1. The zero-order valence-electron chi connectivity index (χ0n) is 9.97. The zero-order valence-corrected chi connectivity index (χ0v) is 9.97. The average Bonchev–Trinajstić information content (AvgIpc) is 2.75. The van der Waals surface area contributed by atoms with Gasteiger partial charge < -0.3 is 5.73 Å². The second-order valence-electron chi connectivity index (χ2n) is 3.75. The molecule has 0 spiro atoms. The summed E-state index contributed by atoms with van der Waals surface area (Å²) in [6.45, 7) is -1.31. The van der Waals surface area contributed by atoms with Crippen LogP contribution in [0.2, 0.25) is 0 Å². The molecule has 1 aromatic heterocycles. The fourth-order valence-electron chi connectivity index (χ4n) is 1.69. The van der Waals surface area contributed by atoms with E-state index in [9.17, 15) is 13.6 Å². The summed E-state index contributed by atoms with van der Waals surface area (Å²) in [5.41, 5.74) is 7.69. The number of hydrazone groups is 1. The van der Waals surface area contributed by atoms with E-state index < -0.39 is 12.6 Å². The second-order valence-corrected chi connectivity index (χ2v) is 3.75. The number of nitrogens with one attached hydrogen (secondary N) is 1. The molecule has 1 aromatic carbocycles. The second kappa shape index (κ2) is 5.01. The number of alkyl halides is 2. The minimum absolute atomic E-state index is 0.0232. The molecule has 2 rings (SSSR count). The van der Waals surface area contributed by atoms with Crippen LogP contribution < -0.4 is 11.2 Å². The number of para-hydroxylation sites is 2. The van der Waals surface area contributed by atoms with E-state index in [0.717, 1.165) is 4.57 Å². The Hall–Kier alpha value is -2.51. The molecule has 0 radical (unpaired) electrons. The highest BCUT2D eigenvalue weighted by Gasteiger charge is 2.19. The normalized spacial score (nSPS) is 12.1. The van der Waals surface area contributed by atoms with E-state index in [-0.39, 0.29) is 11.5 Å². The van der Waals surface area contributed by atoms with Crippen molar-refractivity contribution >= 4 is 22.8 Å². The van der Waals surface area contributed by atoms with E-state index in [0.29, 0.717) is 11.0 Å². The molecule has 0 atom stereocenters. The van der Waals surface area contributed by atoms with Crippen molar-refractivity contribution in [1.82, 2.24) is 15.0 Å². The maximum absolute atomic E-state index is 13.1. The number of hydrogen-bond acceptors (Lipinski definition) is 3. The van der Waals surface area contributed by atoms with Gasteiger partial charge >= 0.3 is 12.6 Å². The minimum atomic E-state index is -2.76. The van der Waals surface area contributed by atoms with Crippen LogP contribution in [0.1, 0.15) is 19.3 Å².